The number of nitrogens with one attached hydrogen (secondary N) is 1. The molecule has 3 rings (SSSR count). The first kappa shape index (κ1) is 18.3. The third kappa shape index (κ3) is 4.00. The smallest absolute Gasteiger partial charge is 0.293 e. The molecule has 0 atom stereocenters. The molecular weight excluding hydrogens is 354 g/mol. The van der Waals surface area contributed by atoms with Gasteiger partial charge in [0.2, 0.25) is 11.6 Å². The molecule has 0 aliphatic rings. The standard InChI is InChI=1S/C15H19N9O3/c1-3-23(4-2)9-11-12(15(25)19-17-8-10-6-5-7-26-10)18-22-24(11)14-13(16)20-27-21-14/h5-8H,3-4,9H2,1-2H3,(H2,16,20)(H,19,25). The molecule has 3 aromatic heterocycles. The molecule has 142 valence electrons. The molecule has 0 bridgehead atoms. The summed E-state index contributed by atoms with van der Waals surface area (Å²) in [6.07, 6.45) is 2.89. The number of nitrogen functional groups attached to an aromatic ring is 1. The summed E-state index contributed by atoms with van der Waals surface area (Å²) in [4.78, 5) is 14.6. The molecule has 3 heterocycles. The Hall–Kier alpha value is -3.54. The van der Waals surface area contributed by atoms with Gasteiger partial charge in [-0.15, -0.1) is 5.10 Å². The monoisotopic (exact) mass is 373 g/mol. The number of hydrogen-bond acceptors (Lipinski definition) is 10. The van der Waals surface area contributed by atoms with Gasteiger partial charge < -0.3 is 10.2 Å². The second kappa shape index (κ2) is 8.23. The van der Waals surface area contributed by atoms with Crippen molar-refractivity contribution < 1.29 is 13.8 Å². The molecule has 0 aromatic carbocycles. The third-order valence-electron chi connectivity index (χ3n) is 3.84. The van der Waals surface area contributed by atoms with Crippen molar-refractivity contribution in [3.8, 4) is 5.82 Å². The van der Waals surface area contributed by atoms with Crippen LogP contribution in [-0.4, -0.2) is 55.4 Å². The van der Waals surface area contributed by atoms with Gasteiger partial charge in [-0.1, -0.05) is 19.1 Å². The van der Waals surface area contributed by atoms with Crippen LogP contribution in [0.3, 0.4) is 0 Å². The highest BCUT2D eigenvalue weighted by atomic mass is 16.6. The molecule has 0 fully saturated rings. The Kier molecular flexibility index (Phi) is 5.56. The second-order valence-electron chi connectivity index (χ2n) is 5.45. The van der Waals surface area contributed by atoms with E-state index in [4.69, 9.17) is 10.2 Å². The van der Waals surface area contributed by atoms with Crippen LogP contribution in [0.5, 0.6) is 0 Å². The van der Waals surface area contributed by atoms with Crippen molar-refractivity contribution in [3.05, 3.63) is 35.5 Å². The number of anilines is 1. The summed E-state index contributed by atoms with van der Waals surface area (Å²) in [5.74, 6) is 0.191. The minimum absolute atomic E-state index is 0.0449. The fourth-order valence-electron chi connectivity index (χ4n) is 2.36. The lowest BCUT2D eigenvalue weighted by molar-refractivity contribution is 0.0948. The van der Waals surface area contributed by atoms with Crippen molar-refractivity contribution in [1.82, 2.24) is 35.6 Å². The van der Waals surface area contributed by atoms with E-state index in [0.717, 1.165) is 13.1 Å². The molecular formula is C15H19N9O3. The largest absolute Gasteiger partial charge is 0.463 e. The molecule has 0 saturated carbocycles. The highest BCUT2D eigenvalue weighted by Crippen LogP contribution is 2.17. The van der Waals surface area contributed by atoms with E-state index in [1.165, 1.54) is 17.2 Å². The van der Waals surface area contributed by atoms with Crippen molar-refractivity contribution in [2.75, 3.05) is 18.8 Å². The van der Waals surface area contributed by atoms with Gasteiger partial charge in [0.15, 0.2) is 5.69 Å². The van der Waals surface area contributed by atoms with Gasteiger partial charge in [-0.2, -0.15) is 9.78 Å². The zero-order chi connectivity index (χ0) is 19.2. The van der Waals surface area contributed by atoms with E-state index in [9.17, 15) is 4.79 Å². The highest BCUT2D eigenvalue weighted by molar-refractivity contribution is 5.94. The number of rotatable bonds is 8. The van der Waals surface area contributed by atoms with Crippen LogP contribution in [0, 0.1) is 0 Å². The first-order chi connectivity index (χ1) is 13.1. The summed E-state index contributed by atoms with van der Waals surface area (Å²) >= 11 is 0. The average Bonchev–Trinajstić information content (AvgIpc) is 3.40. The summed E-state index contributed by atoms with van der Waals surface area (Å²) in [7, 11) is 0. The summed E-state index contributed by atoms with van der Waals surface area (Å²) in [5.41, 5.74) is 8.75. The number of carbonyl (C=O) groups excluding carboxylic acids is 1. The molecule has 0 unspecified atom stereocenters. The van der Waals surface area contributed by atoms with Crippen LogP contribution in [0.2, 0.25) is 0 Å². The van der Waals surface area contributed by atoms with Gasteiger partial charge in [0.25, 0.3) is 5.91 Å². The number of hydrazone groups is 1. The normalized spacial score (nSPS) is 11.5. The zero-order valence-electron chi connectivity index (χ0n) is 14.9. The van der Waals surface area contributed by atoms with E-state index >= 15 is 0 Å². The van der Waals surface area contributed by atoms with E-state index in [1.54, 1.807) is 12.1 Å². The Balaban J connectivity index is 1.88. The Morgan fingerprint density at radius 1 is 1.41 bits per heavy atom. The molecule has 0 aliphatic carbocycles. The maximum absolute atomic E-state index is 12.5. The maximum atomic E-state index is 12.5. The summed E-state index contributed by atoms with van der Waals surface area (Å²) in [6, 6.07) is 3.42. The molecule has 12 heteroatoms. The van der Waals surface area contributed by atoms with Crippen LogP contribution in [-0.2, 0) is 6.54 Å². The Labute approximate surface area is 154 Å². The maximum Gasteiger partial charge on any atom is 0.293 e. The van der Waals surface area contributed by atoms with Crippen LogP contribution in [0.25, 0.3) is 5.82 Å². The lowest BCUT2D eigenvalue weighted by atomic mass is 10.2. The van der Waals surface area contributed by atoms with Crippen LogP contribution in [0.1, 0.15) is 35.8 Å². The van der Waals surface area contributed by atoms with E-state index in [0.29, 0.717) is 18.0 Å². The van der Waals surface area contributed by atoms with Crippen LogP contribution in [0.4, 0.5) is 5.82 Å². The number of amides is 1. The molecule has 27 heavy (non-hydrogen) atoms. The number of nitrogens with zero attached hydrogens (tertiary/aromatic N) is 7. The fraction of sp³-hybridized carbons (Fsp3) is 0.333. The average molecular weight is 373 g/mol. The molecule has 0 spiro atoms. The Bertz CT molecular complexity index is 909. The first-order valence-electron chi connectivity index (χ1n) is 8.26. The highest BCUT2D eigenvalue weighted by Gasteiger charge is 2.24. The molecule has 0 saturated heterocycles. The van der Waals surface area contributed by atoms with Crippen molar-refractivity contribution in [3.63, 3.8) is 0 Å². The molecule has 0 aliphatic heterocycles. The summed E-state index contributed by atoms with van der Waals surface area (Å²) in [6.45, 7) is 5.96. The predicted octanol–water partition coefficient (Wildman–Crippen LogP) is 0.431. The fourth-order valence-corrected chi connectivity index (χ4v) is 2.36. The molecule has 3 N–H and O–H groups in total. The van der Waals surface area contributed by atoms with Crippen molar-refractivity contribution >= 4 is 17.9 Å². The zero-order valence-corrected chi connectivity index (χ0v) is 14.9. The van der Waals surface area contributed by atoms with Gasteiger partial charge in [0.1, 0.15) is 5.76 Å². The number of hydrogen-bond donors (Lipinski definition) is 2. The van der Waals surface area contributed by atoms with Gasteiger partial charge in [0, 0.05) is 6.54 Å². The lowest BCUT2D eigenvalue weighted by Gasteiger charge is -2.18. The Morgan fingerprint density at radius 3 is 2.85 bits per heavy atom. The van der Waals surface area contributed by atoms with Crippen molar-refractivity contribution in [2.24, 2.45) is 5.10 Å². The number of furan rings is 1. The van der Waals surface area contributed by atoms with Crippen LogP contribution >= 0.6 is 0 Å². The summed E-state index contributed by atoms with van der Waals surface area (Å²) < 4.78 is 11.1. The number of aromatic nitrogens is 5. The molecule has 3 aromatic rings. The first-order valence-corrected chi connectivity index (χ1v) is 8.26. The second-order valence-corrected chi connectivity index (χ2v) is 5.45. The van der Waals surface area contributed by atoms with Gasteiger partial charge in [0.05, 0.1) is 18.2 Å². The van der Waals surface area contributed by atoms with E-state index < -0.39 is 5.91 Å². The molecule has 1 amide bonds. The van der Waals surface area contributed by atoms with Crippen LogP contribution < -0.4 is 11.2 Å². The van der Waals surface area contributed by atoms with Crippen molar-refractivity contribution in [2.45, 2.75) is 20.4 Å². The van der Waals surface area contributed by atoms with E-state index in [1.807, 2.05) is 13.8 Å². The topological polar surface area (TPSA) is 153 Å². The lowest BCUT2D eigenvalue weighted by Crippen LogP contribution is -2.27. The quantitative estimate of drug-likeness (QED) is 0.422. The van der Waals surface area contributed by atoms with Crippen LogP contribution in [0.15, 0.2) is 32.5 Å². The third-order valence-corrected chi connectivity index (χ3v) is 3.84. The molecule has 0 radical (unpaired) electrons. The van der Waals surface area contributed by atoms with Gasteiger partial charge in [-0.3, -0.25) is 9.69 Å². The number of carbonyl (C=O) groups is 1. The van der Waals surface area contributed by atoms with E-state index in [2.05, 4.69) is 40.7 Å². The predicted molar refractivity (Wildman–Crippen MR) is 94.0 cm³/mol. The minimum atomic E-state index is -0.527. The van der Waals surface area contributed by atoms with Gasteiger partial charge in [-0.05, 0) is 35.5 Å². The Morgan fingerprint density at radius 2 is 2.22 bits per heavy atom. The van der Waals surface area contributed by atoms with E-state index in [-0.39, 0.29) is 17.3 Å². The van der Waals surface area contributed by atoms with Crippen molar-refractivity contribution in [1.29, 1.82) is 0 Å². The van der Waals surface area contributed by atoms with Gasteiger partial charge in [-0.25, -0.2) is 10.1 Å². The van der Waals surface area contributed by atoms with Gasteiger partial charge >= 0.3 is 0 Å². The molecule has 12 nitrogen and oxygen atoms in total. The summed E-state index contributed by atoms with van der Waals surface area (Å²) in [5, 5.41) is 19.1. The SMILES string of the molecule is CCN(CC)Cc1c(C(=O)NN=Cc2ccco2)nnn1-c1nonc1N. The number of nitrogens with two attached hydrogens (primary N) is 1. The minimum Gasteiger partial charge on any atom is -0.463 e.